The highest BCUT2D eigenvalue weighted by Crippen LogP contribution is 2.28. The number of carbonyl (C=O) groups is 4. The van der Waals surface area contributed by atoms with Crippen LogP contribution in [0.4, 0.5) is 4.79 Å². The quantitative estimate of drug-likeness (QED) is 0.472. The maximum Gasteiger partial charge on any atom is 0.405 e. The fourth-order valence-corrected chi connectivity index (χ4v) is 3.74. The lowest BCUT2D eigenvalue weighted by Crippen LogP contribution is -2.50. The summed E-state index contributed by atoms with van der Waals surface area (Å²) in [6, 6.07) is -0.998. The SMILES string of the molecule is NC(=O)O[C@@H](CC1CCCCC1)C(=O)N[C@@H](C[C@@H]1CCNC1=O)C(N)=O. The molecule has 0 aromatic rings. The number of primary amides is 2. The third-order valence-electron chi connectivity index (χ3n) is 5.17. The van der Waals surface area contributed by atoms with Crippen molar-refractivity contribution in [2.75, 3.05) is 6.54 Å². The number of hydrogen-bond donors (Lipinski definition) is 4. The van der Waals surface area contributed by atoms with E-state index in [-0.39, 0.29) is 24.2 Å². The van der Waals surface area contributed by atoms with E-state index in [1.54, 1.807) is 0 Å². The summed E-state index contributed by atoms with van der Waals surface area (Å²) in [5.41, 5.74) is 10.5. The Kier molecular flexibility index (Phi) is 7.23. The molecule has 9 nitrogen and oxygen atoms in total. The van der Waals surface area contributed by atoms with Crippen LogP contribution in [0, 0.1) is 11.8 Å². The molecule has 2 fully saturated rings. The second-order valence-electron chi connectivity index (χ2n) is 7.14. The van der Waals surface area contributed by atoms with Gasteiger partial charge in [0.1, 0.15) is 6.04 Å². The Morgan fingerprint density at radius 3 is 2.35 bits per heavy atom. The molecule has 1 heterocycles. The van der Waals surface area contributed by atoms with E-state index in [9.17, 15) is 19.2 Å². The van der Waals surface area contributed by atoms with Gasteiger partial charge in [-0.05, 0) is 25.2 Å². The molecule has 4 amide bonds. The first kappa shape index (κ1) is 20.0. The van der Waals surface area contributed by atoms with Gasteiger partial charge in [-0.15, -0.1) is 0 Å². The average molecular weight is 368 g/mol. The zero-order valence-corrected chi connectivity index (χ0v) is 14.9. The molecule has 0 radical (unpaired) electrons. The minimum Gasteiger partial charge on any atom is -0.436 e. The Bertz CT molecular complexity index is 547. The minimum absolute atomic E-state index is 0.125. The van der Waals surface area contributed by atoms with Crippen molar-refractivity contribution in [1.29, 1.82) is 0 Å². The minimum atomic E-state index is -1.06. The van der Waals surface area contributed by atoms with E-state index in [2.05, 4.69) is 10.6 Å². The Labute approximate surface area is 152 Å². The van der Waals surface area contributed by atoms with Crippen molar-refractivity contribution in [3.05, 3.63) is 0 Å². The summed E-state index contributed by atoms with van der Waals surface area (Å²) in [6.45, 7) is 0.540. The lowest BCUT2D eigenvalue weighted by molar-refractivity contribution is -0.134. The molecule has 9 heteroatoms. The molecule has 0 unspecified atom stereocenters. The van der Waals surface area contributed by atoms with E-state index < -0.39 is 30.1 Å². The number of hydrogen-bond acceptors (Lipinski definition) is 5. The van der Waals surface area contributed by atoms with Crippen LogP contribution in [0.25, 0.3) is 0 Å². The molecule has 0 aromatic carbocycles. The zero-order valence-electron chi connectivity index (χ0n) is 14.9. The van der Waals surface area contributed by atoms with Crippen LogP contribution in [0.5, 0.6) is 0 Å². The van der Waals surface area contributed by atoms with Crippen LogP contribution in [0.15, 0.2) is 0 Å². The highest BCUT2D eigenvalue weighted by atomic mass is 16.6. The van der Waals surface area contributed by atoms with E-state index in [1.165, 1.54) is 0 Å². The van der Waals surface area contributed by atoms with Gasteiger partial charge in [0.15, 0.2) is 6.10 Å². The van der Waals surface area contributed by atoms with Crippen LogP contribution in [0.3, 0.4) is 0 Å². The first-order valence-corrected chi connectivity index (χ1v) is 9.20. The molecule has 6 N–H and O–H groups in total. The van der Waals surface area contributed by atoms with Gasteiger partial charge in [0.2, 0.25) is 11.8 Å². The van der Waals surface area contributed by atoms with Crippen molar-refractivity contribution < 1.29 is 23.9 Å². The molecule has 3 atom stereocenters. The van der Waals surface area contributed by atoms with E-state index >= 15 is 0 Å². The van der Waals surface area contributed by atoms with Crippen molar-refractivity contribution >= 4 is 23.8 Å². The molecular formula is C17H28N4O5. The van der Waals surface area contributed by atoms with Gasteiger partial charge in [0, 0.05) is 12.5 Å². The molecule has 2 rings (SSSR count). The standard InChI is InChI=1S/C17H28N4O5/c18-14(22)12(9-11-6-7-20-15(11)23)21-16(24)13(26-17(19)25)8-10-4-2-1-3-5-10/h10-13H,1-9H2,(H2,18,22)(H2,19,25)(H,20,23)(H,21,24)/t11-,12-,13-/m0/s1. The van der Waals surface area contributed by atoms with E-state index in [4.69, 9.17) is 16.2 Å². The molecule has 1 aliphatic heterocycles. The van der Waals surface area contributed by atoms with Gasteiger partial charge in [-0.25, -0.2) is 4.79 Å². The number of amides is 4. The highest BCUT2D eigenvalue weighted by Gasteiger charge is 2.33. The van der Waals surface area contributed by atoms with Gasteiger partial charge < -0.3 is 26.8 Å². The molecule has 0 spiro atoms. The summed E-state index contributed by atoms with van der Waals surface area (Å²) in [5.74, 6) is -1.59. The third kappa shape index (κ3) is 5.89. The fraction of sp³-hybridized carbons (Fsp3) is 0.765. The van der Waals surface area contributed by atoms with Crippen molar-refractivity contribution in [1.82, 2.24) is 10.6 Å². The summed E-state index contributed by atoms with van der Waals surface area (Å²) in [7, 11) is 0. The number of nitrogens with one attached hydrogen (secondary N) is 2. The summed E-state index contributed by atoms with van der Waals surface area (Å²) in [6.07, 6.45) is 4.23. The molecular weight excluding hydrogens is 340 g/mol. The maximum absolute atomic E-state index is 12.6. The number of nitrogens with two attached hydrogens (primary N) is 2. The Hall–Kier alpha value is -2.32. The van der Waals surface area contributed by atoms with Crippen LogP contribution in [-0.4, -0.2) is 42.5 Å². The van der Waals surface area contributed by atoms with Gasteiger partial charge >= 0.3 is 6.09 Å². The van der Waals surface area contributed by atoms with E-state index in [1.807, 2.05) is 0 Å². The molecule has 26 heavy (non-hydrogen) atoms. The second-order valence-corrected chi connectivity index (χ2v) is 7.14. The second kappa shape index (κ2) is 9.40. The monoisotopic (exact) mass is 368 g/mol. The maximum atomic E-state index is 12.6. The normalized spacial score (nSPS) is 22.9. The summed E-state index contributed by atoms with van der Waals surface area (Å²) in [5, 5.41) is 5.21. The molecule has 146 valence electrons. The molecule has 0 bridgehead atoms. The van der Waals surface area contributed by atoms with Gasteiger partial charge in [0.05, 0.1) is 0 Å². The first-order valence-electron chi connectivity index (χ1n) is 9.20. The van der Waals surface area contributed by atoms with Gasteiger partial charge in [-0.3, -0.25) is 14.4 Å². The Morgan fingerprint density at radius 1 is 1.12 bits per heavy atom. The van der Waals surface area contributed by atoms with Gasteiger partial charge in [-0.2, -0.15) is 0 Å². The summed E-state index contributed by atoms with van der Waals surface area (Å²) < 4.78 is 4.98. The van der Waals surface area contributed by atoms with E-state index in [0.717, 1.165) is 32.1 Å². The topological polar surface area (TPSA) is 154 Å². The molecule has 1 saturated carbocycles. The third-order valence-corrected chi connectivity index (χ3v) is 5.17. The lowest BCUT2D eigenvalue weighted by atomic mass is 9.85. The predicted octanol–water partition coefficient (Wildman–Crippen LogP) is -0.0830. The largest absolute Gasteiger partial charge is 0.436 e. The molecule has 2 aliphatic rings. The van der Waals surface area contributed by atoms with Crippen LogP contribution < -0.4 is 22.1 Å². The smallest absolute Gasteiger partial charge is 0.405 e. The van der Waals surface area contributed by atoms with Crippen molar-refractivity contribution in [2.24, 2.45) is 23.3 Å². The fourth-order valence-electron chi connectivity index (χ4n) is 3.74. The highest BCUT2D eigenvalue weighted by molar-refractivity contribution is 5.90. The average Bonchev–Trinajstić information content (AvgIpc) is 2.99. The Morgan fingerprint density at radius 2 is 1.81 bits per heavy atom. The molecule has 1 aliphatic carbocycles. The van der Waals surface area contributed by atoms with Crippen LogP contribution in [0.1, 0.15) is 51.4 Å². The van der Waals surface area contributed by atoms with E-state index in [0.29, 0.717) is 19.4 Å². The summed E-state index contributed by atoms with van der Waals surface area (Å²) in [4.78, 5) is 47.1. The van der Waals surface area contributed by atoms with Gasteiger partial charge in [-0.1, -0.05) is 32.1 Å². The Balaban J connectivity index is 1.98. The van der Waals surface area contributed by atoms with Crippen LogP contribution >= 0.6 is 0 Å². The van der Waals surface area contributed by atoms with Crippen molar-refractivity contribution in [3.63, 3.8) is 0 Å². The summed E-state index contributed by atoms with van der Waals surface area (Å²) >= 11 is 0. The number of rotatable bonds is 8. The van der Waals surface area contributed by atoms with Crippen LogP contribution in [0.2, 0.25) is 0 Å². The van der Waals surface area contributed by atoms with Crippen molar-refractivity contribution in [3.8, 4) is 0 Å². The van der Waals surface area contributed by atoms with Crippen molar-refractivity contribution in [2.45, 2.75) is 63.5 Å². The molecule has 0 aromatic heterocycles. The first-order chi connectivity index (χ1) is 12.4. The lowest BCUT2D eigenvalue weighted by Gasteiger charge is -2.27. The van der Waals surface area contributed by atoms with Gasteiger partial charge in [0.25, 0.3) is 5.91 Å². The number of ether oxygens (including phenoxy) is 1. The number of carbonyl (C=O) groups excluding carboxylic acids is 4. The van der Waals surface area contributed by atoms with Crippen LogP contribution in [-0.2, 0) is 19.1 Å². The zero-order chi connectivity index (χ0) is 19.1. The predicted molar refractivity (Wildman–Crippen MR) is 92.5 cm³/mol. The molecule has 1 saturated heterocycles.